The van der Waals surface area contributed by atoms with Crippen LogP contribution in [-0.4, -0.2) is 29.3 Å². The molecule has 2 aromatic carbocycles. The maximum atomic E-state index is 13.2. The molecule has 36 heavy (non-hydrogen) atoms. The van der Waals surface area contributed by atoms with Gasteiger partial charge in [-0.05, 0) is 61.9 Å². The van der Waals surface area contributed by atoms with Crippen molar-refractivity contribution in [1.29, 1.82) is 0 Å². The van der Waals surface area contributed by atoms with Crippen LogP contribution in [0.15, 0.2) is 64.6 Å². The van der Waals surface area contributed by atoms with Crippen molar-refractivity contribution >= 4 is 23.1 Å². The average Bonchev–Trinajstić information content (AvgIpc) is 3.47. The summed E-state index contributed by atoms with van der Waals surface area (Å²) < 4.78 is 53.7. The topological polar surface area (TPSA) is 89.2 Å². The van der Waals surface area contributed by atoms with Gasteiger partial charge in [0.05, 0.1) is 5.57 Å². The van der Waals surface area contributed by atoms with Gasteiger partial charge in [-0.25, -0.2) is 0 Å². The zero-order valence-electron chi connectivity index (χ0n) is 19.1. The second-order valence-corrected chi connectivity index (χ2v) is 8.62. The fraction of sp³-hybridized carbons (Fsp3) is 0.231. The fourth-order valence-corrected chi connectivity index (χ4v) is 4.52. The fourth-order valence-electron chi connectivity index (χ4n) is 4.52. The van der Waals surface area contributed by atoms with E-state index < -0.39 is 35.6 Å². The number of fused-ring (bicyclic) bond motifs is 1. The van der Waals surface area contributed by atoms with Gasteiger partial charge in [-0.2, -0.15) is 0 Å². The van der Waals surface area contributed by atoms with Gasteiger partial charge in [0.25, 0.3) is 11.7 Å². The Bertz CT molecular complexity index is 1410. The maximum absolute atomic E-state index is 13.2. The molecule has 2 aliphatic rings. The van der Waals surface area contributed by atoms with Crippen molar-refractivity contribution in [3.05, 3.63) is 82.8 Å². The summed E-state index contributed by atoms with van der Waals surface area (Å²) in [5.41, 5.74) is 0.853. The lowest BCUT2D eigenvalue weighted by molar-refractivity contribution is -0.274. The number of ketones is 1. The first-order chi connectivity index (χ1) is 17.0. The molecule has 5 rings (SSSR count). The van der Waals surface area contributed by atoms with Gasteiger partial charge in [-0.3, -0.25) is 14.5 Å². The second-order valence-electron chi connectivity index (χ2n) is 8.62. The summed E-state index contributed by atoms with van der Waals surface area (Å²) in [4.78, 5) is 27.4. The quantitative estimate of drug-likeness (QED) is 0.292. The third kappa shape index (κ3) is 4.19. The van der Waals surface area contributed by atoms with E-state index >= 15 is 0 Å². The number of aliphatic hydroxyl groups excluding tert-OH is 1. The molecule has 2 aliphatic heterocycles. The van der Waals surface area contributed by atoms with Gasteiger partial charge in [0.1, 0.15) is 40.9 Å². The number of benzene rings is 2. The largest absolute Gasteiger partial charge is 0.573 e. The highest BCUT2D eigenvalue weighted by molar-refractivity contribution is 6.51. The van der Waals surface area contributed by atoms with Crippen LogP contribution in [0.5, 0.6) is 11.5 Å². The van der Waals surface area contributed by atoms with Crippen LogP contribution in [0.3, 0.4) is 0 Å². The zero-order valence-corrected chi connectivity index (χ0v) is 19.1. The van der Waals surface area contributed by atoms with Crippen LogP contribution in [0.2, 0.25) is 0 Å². The molecule has 0 aliphatic carbocycles. The number of hydrogen-bond acceptors (Lipinski definition) is 6. The highest BCUT2D eigenvalue weighted by atomic mass is 19.4. The van der Waals surface area contributed by atoms with E-state index in [2.05, 4.69) is 4.74 Å². The van der Waals surface area contributed by atoms with E-state index in [0.717, 1.165) is 22.6 Å². The van der Waals surface area contributed by atoms with Gasteiger partial charge in [0, 0.05) is 23.7 Å². The zero-order chi connectivity index (χ0) is 25.8. The standard InChI is InChI=1S/C26H20F3NO6/c1-13-6-8-20(34-13)22-21(23(31)15-7-9-19-16(11-15)10-14(2)35-19)24(32)25(33)30(22)17-4-3-5-18(12-17)36-26(27,28)29/h3-9,11-12,14,22,31H,10H2,1-2H3/b23-21-. The van der Waals surface area contributed by atoms with Gasteiger partial charge in [0.2, 0.25) is 0 Å². The molecule has 1 N–H and O–H groups in total. The summed E-state index contributed by atoms with van der Waals surface area (Å²) in [5.74, 6) is -1.72. The van der Waals surface area contributed by atoms with E-state index in [0.29, 0.717) is 23.5 Å². The van der Waals surface area contributed by atoms with Crippen molar-refractivity contribution in [3.8, 4) is 11.5 Å². The molecular weight excluding hydrogens is 479 g/mol. The lowest BCUT2D eigenvalue weighted by Crippen LogP contribution is -2.29. The van der Waals surface area contributed by atoms with Gasteiger partial charge < -0.3 is 19.0 Å². The number of carbonyl (C=O) groups excluding carboxylic acids is 2. The van der Waals surface area contributed by atoms with Crippen LogP contribution in [0, 0.1) is 6.92 Å². The Hall–Kier alpha value is -4.21. The minimum atomic E-state index is -4.95. The van der Waals surface area contributed by atoms with Crippen LogP contribution in [0.25, 0.3) is 5.76 Å². The summed E-state index contributed by atoms with van der Waals surface area (Å²) in [6.07, 6.45) is -4.38. The van der Waals surface area contributed by atoms with E-state index in [1.54, 1.807) is 37.3 Å². The molecule has 0 radical (unpaired) electrons. The number of rotatable bonds is 4. The van der Waals surface area contributed by atoms with Crippen molar-refractivity contribution in [2.75, 3.05) is 4.90 Å². The van der Waals surface area contributed by atoms with Crippen molar-refractivity contribution in [1.82, 2.24) is 0 Å². The number of halogens is 3. The molecule has 1 aromatic heterocycles. The van der Waals surface area contributed by atoms with Crippen molar-refractivity contribution in [3.63, 3.8) is 0 Å². The predicted molar refractivity (Wildman–Crippen MR) is 122 cm³/mol. The number of furan rings is 1. The molecule has 2 unspecified atom stereocenters. The molecule has 0 bridgehead atoms. The smallest absolute Gasteiger partial charge is 0.507 e. The van der Waals surface area contributed by atoms with Crippen molar-refractivity contribution in [2.45, 2.75) is 38.8 Å². The molecule has 7 nitrogen and oxygen atoms in total. The molecule has 1 fully saturated rings. The number of anilines is 1. The minimum Gasteiger partial charge on any atom is -0.507 e. The van der Waals surface area contributed by atoms with Gasteiger partial charge >= 0.3 is 6.36 Å². The van der Waals surface area contributed by atoms with E-state index in [4.69, 9.17) is 9.15 Å². The summed E-state index contributed by atoms with van der Waals surface area (Å²) in [5, 5.41) is 11.2. The number of ether oxygens (including phenoxy) is 2. The Balaban J connectivity index is 1.64. The van der Waals surface area contributed by atoms with Crippen LogP contribution in [0.4, 0.5) is 18.9 Å². The van der Waals surface area contributed by atoms with Gasteiger partial charge in [0.15, 0.2) is 0 Å². The first-order valence-electron chi connectivity index (χ1n) is 11.0. The number of carbonyl (C=O) groups is 2. The third-order valence-corrected chi connectivity index (χ3v) is 5.97. The number of Topliss-reactive ketones (excluding diaryl/α,β-unsaturated/α-hetero) is 1. The summed E-state index contributed by atoms with van der Waals surface area (Å²) in [7, 11) is 0. The summed E-state index contributed by atoms with van der Waals surface area (Å²) >= 11 is 0. The molecule has 1 saturated heterocycles. The number of alkyl halides is 3. The number of aliphatic hydroxyl groups is 1. The molecule has 3 heterocycles. The third-order valence-electron chi connectivity index (χ3n) is 5.97. The average molecular weight is 499 g/mol. The maximum Gasteiger partial charge on any atom is 0.573 e. The lowest BCUT2D eigenvalue weighted by atomic mass is 9.97. The Kier molecular flexibility index (Phi) is 5.54. The molecule has 0 spiro atoms. The Morgan fingerprint density at radius 2 is 1.89 bits per heavy atom. The normalized spacial score (nSPS) is 21.0. The highest BCUT2D eigenvalue weighted by Gasteiger charge is 2.48. The number of amides is 1. The van der Waals surface area contributed by atoms with E-state index in [1.807, 2.05) is 6.92 Å². The van der Waals surface area contributed by atoms with E-state index in [1.165, 1.54) is 12.1 Å². The summed E-state index contributed by atoms with van der Waals surface area (Å²) in [6, 6.07) is 11.6. The molecule has 3 aromatic rings. The number of aryl methyl sites for hydroxylation is 1. The molecular formula is C26H20F3NO6. The van der Waals surface area contributed by atoms with Crippen molar-refractivity contribution in [2.24, 2.45) is 0 Å². The van der Waals surface area contributed by atoms with E-state index in [-0.39, 0.29) is 23.1 Å². The van der Waals surface area contributed by atoms with Crippen LogP contribution in [-0.2, 0) is 16.0 Å². The molecule has 1 amide bonds. The Morgan fingerprint density at radius 3 is 2.58 bits per heavy atom. The van der Waals surface area contributed by atoms with E-state index in [9.17, 15) is 27.9 Å². The van der Waals surface area contributed by atoms with Gasteiger partial charge in [-0.15, -0.1) is 13.2 Å². The predicted octanol–water partition coefficient (Wildman–Crippen LogP) is 5.44. The lowest BCUT2D eigenvalue weighted by Gasteiger charge is -2.24. The minimum absolute atomic E-state index is 0.0341. The summed E-state index contributed by atoms with van der Waals surface area (Å²) in [6.45, 7) is 3.57. The van der Waals surface area contributed by atoms with Crippen LogP contribution >= 0.6 is 0 Å². The first kappa shape index (κ1) is 23.5. The monoisotopic (exact) mass is 499 g/mol. The van der Waals surface area contributed by atoms with Crippen molar-refractivity contribution < 1.29 is 41.8 Å². The molecule has 0 saturated carbocycles. The molecule has 10 heteroatoms. The second kappa shape index (κ2) is 8.47. The van der Waals surface area contributed by atoms with Crippen LogP contribution in [0.1, 0.15) is 35.6 Å². The van der Waals surface area contributed by atoms with Crippen LogP contribution < -0.4 is 14.4 Å². The molecule has 186 valence electrons. The SMILES string of the molecule is Cc1ccc(C2/C(=C(/O)c3ccc4c(c3)CC(C)O4)C(=O)C(=O)N2c2cccc(OC(F)(F)F)c2)o1. The molecule has 2 atom stereocenters. The first-order valence-corrected chi connectivity index (χ1v) is 11.0. The highest BCUT2D eigenvalue weighted by Crippen LogP contribution is 2.44. The van der Waals surface area contributed by atoms with Gasteiger partial charge in [-0.1, -0.05) is 6.07 Å². The Morgan fingerprint density at radius 1 is 1.11 bits per heavy atom. The number of nitrogens with zero attached hydrogens (tertiary/aromatic N) is 1. The number of hydrogen-bond donors (Lipinski definition) is 1. The Labute approximate surface area is 203 Å².